The van der Waals surface area contributed by atoms with E-state index in [2.05, 4.69) is 10.3 Å². The fourth-order valence-corrected chi connectivity index (χ4v) is 2.48. The molecule has 0 radical (unpaired) electrons. The van der Waals surface area contributed by atoms with E-state index < -0.39 is 18.0 Å². The Kier molecular flexibility index (Phi) is 9.45. The monoisotopic (exact) mass is 405 g/mol. The summed E-state index contributed by atoms with van der Waals surface area (Å²) >= 11 is 0. The summed E-state index contributed by atoms with van der Waals surface area (Å²) in [6.45, 7) is 2.50. The fraction of sp³-hybridized carbons (Fsp3) is 0.450. The van der Waals surface area contributed by atoms with Crippen molar-refractivity contribution in [2.24, 2.45) is 0 Å². The van der Waals surface area contributed by atoms with Crippen LogP contribution in [-0.2, 0) is 14.2 Å². The predicted molar refractivity (Wildman–Crippen MR) is 107 cm³/mol. The summed E-state index contributed by atoms with van der Waals surface area (Å²) in [5.41, 5.74) is -0.149. The maximum absolute atomic E-state index is 12.5. The van der Waals surface area contributed by atoms with Crippen molar-refractivity contribution in [2.45, 2.75) is 25.7 Å². The van der Waals surface area contributed by atoms with Gasteiger partial charge in [0, 0.05) is 18.9 Å². The lowest BCUT2D eigenvalue weighted by Crippen LogP contribution is -2.35. The van der Waals surface area contributed by atoms with E-state index in [1.165, 1.54) is 16.8 Å². The van der Waals surface area contributed by atoms with Gasteiger partial charge in [0.2, 0.25) is 0 Å². The SMILES string of the molecule is CC[C@H](CO)O[C@H](COCCOC)n1ccc(NC(=O)c2ccccc2)nc1=O. The van der Waals surface area contributed by atoms with Crippen LogP contribution in [0.3, 0.4) is 0 Å². The van der Waals surface area contributed by atoms with Gasteiger partial charge in [0.05, 0.1) is 32.5 Å². The number of hydrogen-bond acceptors (Lipinski definition) is 7. The Balaban J connectivity index is 2.13. The van der Waals surface area contributed by atoms with Crippen molar-refractivity contribution in [3.05, 3.63) is 58.6 Å². The summed E-state index contributed by atoms with van der Waals surface area (Å²) in [6.07, 6.45) is 0.821. The molecule has 9 heteroatoms. The van der Waals surface area contributed by atoms with Crippen molar-refractivity contribution in [3.8, 4) is 0 Å². The summed E-state index contributed by atoms with van der Waals surface area (Å²) in [7, 11) is 1.56. The molecule has 0 aliphatic heterocycles. The number of ether oxygens (including phenoxy) is 3. The first-order valence-corrected chi connectivity index (χ1v) is 9.37. The average molecular weight is 405 g/mol. The molecule has 0 saturated heterocycles. The van der Waals surface area contributed by atoms with Gasteiger partial charge in [0.25, 0.3) is 5.91 Å². The maximum Gasteiger partial charge on any atom is 0.351 e. The zero-order valence-corrected chi connectivity index (χ0v) is 16.6. The van der Waals surface area contributed by atoms with Crippen molar-refractivity contribution >= 4 is 11.7 Å². The molecule has 0 aliphatic rings. The van der Waals surface area contributed by atoms with Crippen LogP contribution in [0.1, 0.15) is 29.9 Å². The summed E-state index contributed by atoms with van der Waals surface area (Å²) < 4.78 is 17.5. The number of rotatable bonds is 12. The fourth-order valence-electron chi connectivity index (χ4n) is 2.48. The molecule has 1 aromatic heterocycles. The highest BCUT2D eigenvalue weighted by atomic mass is 16.6. The number of carbonyl (C=O) groups is 1. The normalized spacial score (nSPS) is 13.1. The number of nitrogens with zero attached hydrogens (tertiary/aromatic N) is 2. The standard InChI is InChI=1S/C20H27N3O6/c1-3-16(13-24)29-18(14-28-12-11-27-2)23-10-9-17(22-20(23)26)21-19(25)15-7-5-4-6-8-15/h4-10,16,18,24H,3,11-14H2,1-2H3,(H,21,22,25,26)/t16-,18-/m1/s1. The molecule has 9 nitrogen and oxygen atoms in total. The van der Waals surface area contributed by atoms with E-state index in [-0.39, 0.29) is 24.9 Å². The summed E-state index contributed by atoms with van der Waals surface area (Å²) in [5.74, 6) is -0.231. The van der Waals surface area contributed by atoms with Crippen LogP contribution < -0.4 is 11.0 Å². The maximum atomic E-state index is 12.5. The molecule has 0 spiro atoms. The molecule has 0 bridgehead atoms. The molecule has 2 aromatic rings. The first-order chi connectivity index (χ1) is 14.1. The van der Waals surface area contributed by atoms with Crippen molar-refractivity contribution in [2.75, 3.05) is 38.9 Å². The highest BCUT2D eigenvalue weighted by Crippen LogP contribution is 2.13. The number of anilines is 1. The van der Waals surface area contributed by atoms with E-state index in [1.54, 1.807) is 37.4 Å². The van der Waals surface area contributed by atoms with Crippen LogP contribution in [0.5, 0.6) is 0 Å². The van der Waals surface area contributed by atoms with Gasteiger partial charge in [0.15, 0.2) is 6.23 Å². The third-order valence-electron chi connectivity index (χ3n) is 4.12. The number of amides is 1. The number of benzene rings is 1. The highest BCUT2D eigenvalue weighted by Gasteiger charge is 2.19. The topological polar surface area (TPSA) is 112 Å². The van der Waals surface area contributed by atoms with Crippen molar-refractivity contribution in [1.29, 1.82) is 0 Å². The van der Waals surface area contributed by atoms with E-state index in [0.717, 1.165) is 0 Å². The summed E-state index contributed by atoms with van der Waals surface area (Å²) in [6, 6.07) is 10.1. The van der Waals surface area contributed by atoms with Crippen molar-refractivity contribution in [1.82, 2.24) is 9.55 Å². The van der Waals surface area contributed by atoms with Crippen LogP contribution in [-0.4, -0.2) is 60.2 Å². The van der Waals surface area contributed by atoms with Gasteiger partial charge in [0.1, 0.15) is 5.82 Å². The van der Waals surface area contributed by atoms with E-state index >= 15 is 0 Å². The van der Waals surface area contributed by atoms with Gasteiger partial charge < -0.3 is 24.6 Å². The number of hydrogen-bond donors (Lipinski definition) is 2. The Morgan fingerprint density at radius 1 is 1.24 bits per heavy atom. The first kappa shape index (κ1) is 22.7. The molecule has 0 fully saturated rings. The number of methoxy groups -OCH3 is 1. The molecular weight excluding hydrogens is 378 g/mol. The van der Waals surface area contributed by atoms with Crippen LogP contribution in [0.15, 0.2) is 47.4 Å². The zero-order valence-electron chi connectivity index (χ0n) is 16.6. The zero-order chi connectivity index (χ0) is 21.1. The van der Waals surface area contributed by atoms with E-state index in [9.17, 15) is 14.7 Å². The Hall–Kier alpha value is -2.59. The molecule has 0 saturated carbocycles. The minimum atomic E-state index is -0.775. The van der Waals surface area contributed by atoms with Crippen LogP contribution in [0.25, 0.3) is 0 Å². The van der Waals surface area contributed by atoms with Gasteiger partial charge in [-0.25, -0.2) is 4.79 Å². The van der Waals surface area contributed by atoms with Crippen molar-refractivity contribution < 1.29 is 24.1 Å². The van der Waals surface area contributed by atoms with Crippen LogP contribution in [0.2, 0.25) is 0 Å². The molecule has 1 amide bonds. The minimum absolute atomic E-state index is 0.0805. The summed E-state index contributed by atoms with van der Waals surface area (Å²) in [5, 5.41) is 12.0. The lowest BCUT2D eigenvalue weighted by Gasteiger charge is -2.24. The second-order valence-corrected chi connectivity index (χ2v) is 6.19. The molecule has 0 unspecified atom stereocenters. The smallest absolute Gasteiger partial charge is 0.351 e. The minimum Gasteiger partial charge on any atom is -0.394 e. The van der Waals surface area contributed by atoms with Gasteiger partial charge in [-0.2, -0.15) is 4.98 Å². The summed E-state index contributed by atoms with van der Waals surface area (Å²) in [4.78, 5) is 28.7. The number of nitrogens with one attached hydrogen (secondary N) is 1. The third-order valence-corrected chi connectivity index (χ3v) is 4.12. The highest BCUT2D eigenvalue weighted by molar-refractivity contribution is 6.03. The largest absolute Gasteiger partial charge is 0.394 e. The number of aromatic nitrogens is 2. The van der Waals surface area contributed by atoms with Gasteiger partial charge in [-0.1, -0.05) is 25.1 Å². The number of aliphatic hydroxyl groups excluding tert-OH is 1. The number of carbonyl (C=O) groups excluding carboxylic acids is 1. The Bertz CT molecular complexity index is 807. The second-order valence-electron chi connectivity index (χ2n) is 6.19. The molecule has 1 aromatic carbocycles. The molecule has 1 heterocycles. The van der Waals surface area contributed by atoms with Gasteiger partial charge in [-0.15, -0.1) is 0 Å². The van der Waals surface area contributed by atoms with E-state index in [4.69, 9.17) is 14.2 Å². The lowest BCUT2D eigenvalue weighted by molar-refractivity contribution is -0.114. The van der Waals surface area contributed by atoms with Gasteiger partial charge in [-0.05, 0) is 24.6 Å². The van der Waals surface area contributed by atoms with Gasteiger partial charge in [-0.3, -0.25) is 9.36 Å². The quantitative estimate of drug-likeness (QED) is 0.514. The molecule has 2 rings (SSSR count). The lowest BCUT2D eigenvalue weighted by atomic mass is 10.2. The number of aliphatic hydroxyl groups is 1. The van der Waals surface area contributed by atoms with Crippen LogP contribution >= 0.6 is 0 Å². The third kappa shape index (κ3) is 7.06. The average Bonchev–Trinajstić information content (AvgIpc) is 2.74. The molecule has 29 heavy (non-hydrogen) atoms. The molecular formula is C20H27N3O6. The first-order valence-electron chi connectivity index (χ1n) is 9.37. The molecule has 0 aliphatic carbocycles. The van der Waals surface area contributed by atoms with Crippen molar-refractivity contribution in [3.63, 3.8) is 0 Å². The molecule has 2 N–H and O–H groups in total. The Labute approximate surface area is 169 Å². The van der Waals surface area contributed by atoms with E-state index in [0.29, 0.717) is 25.2 Å². The van der Waals surface area contributed by atoms with Gasteiger partial charge >= 0.3 is 5.69 Å². The molecule has 2 atom stereocenters. The van der Waals surface area contributed by atoms with Crippen LogP contribution in [0.4, 0.5) is 5.82 Å². The van der Waals surface area contributed by atoms with E-state index in [1.807, 2.05) is 6.92 Å². The Morgan fingerprint density at radius 3 is 2.62 bits per heavy atom. The second kappa shape index (κ2) is 12.1. The predicted octanol–water partition coefficient (Wildman–Crippen LogP) is 1.44. The molecule has 158 valence electrons. The Morgan fingerprint density at radius 2 is 2.00 bits per heavy atom. The van der Waals surface area contributed by atoms with Crippen LogP contribution in [0, 0.1) is 0 Å².